The highest BCUT2D eigenvalue weighted by Gasteiger charge is 2.31. The molecule has 0 aliphatic rings. The summed E-state index contributed by atoms with van der Waals surface area (Å²) in [6.07, 6.45) is 1.45. The highest BCUT2D eigenvalue weighted by atomic mass is 32.2. The SMILES string of the molecule is C=CCNC(=O)C(=O)NC[C@H](c1cccs1)S(=O)(=O)c1cccs1. The molecule has 0 radical (unpaired) electrons. The van der Waals surface area contributed by atoms with Crippen molar-refractivity contribution >= 4 is 44.3 Å². The van der Waals surface area contributed by atoms with Gasteiger partial charge in [-0.2, -0.15) is 0 Å². The van der Waals surface area contributed by atoms with E-state index in [0.717, 1.165) is 11.3 Å². The maximum absolute atomic E-state index is 12.8. The average molecular weight is 385 g/mol. The Labute approximate surface area is 148 Å². The number of thiophene rings is 2. The largest absolute Gasteiger partial charge is 0.346 e. The molecule has 9 heteroatoms. The number of carbonyl (C=O) groups excluding carboxylic acids is 2. The van der Waals surface area contributed by atoms with Crippen LogP contribution in [0, 0.1) is 0 Å². The molecule has 2 aromatic rings. The topological polar surface area (TPSA) is 92.3 Å². The van der Waals surface area contributed by atoms with E-state index in [1.165, 1.54) is 23.5 Å². The number of hydrogen-bond acceptors (Lipinski definition) is 6. The fourth-order valence-electron chi connectivity index (χ4n) is 1.91. The van der Waals surface area contributed by atoms with Crippen LogP contribution in [-0.2, 0) is 19.4 Å². The zero-order valence-corrected chi connectivity index (χ0v) is 15.0. The molecule has 0 unspecified atom stereocenters. The first-order valence-corrected chi connectivity index (χ1v) is 10.2. The fourth-order valence-corrected chi connectivity index (χ4v) is 5.90. The highest BCUT2D eigenvalue weighted by molar-refractivity contribution is 7.93. The zero-order chi connectivity index (χ0) is 17.6. The summed E-state index contributed by atoms with van der Waals surface area (Å²) in [5.74, 6) is -1.70. The summed E-state index contributed by atoms with van der Waals surface area (Å²) in [4.78, 5) is 24.0. The summed E-state index contributed by atoms with van der Waals surface area (Å²) in [6.45, 7) is 3.42. The van der Waals surface area contributed by atoms with Gasteiger partial charge in [-0.25, -0.2) is 8.42 Å². The molecule has 6 nitrogen and oxygen atoms in total. The Kier molecular flexibility index (Phi) is 6.29. The lowest BCUT2D eigenvalue weighted by atomic mass is 10.3. The predicted molar refractivity (Wildman–Crippen MR) is 94.8 cm³/mol. The second-order valence-electron chi connectivity index (χ2n) is 4.69. The van der Waals surface area contributed by atoms with Crippen LogP contribution in [-0.4, -0.2) is 33.3 Å². The average Bonchev–Trinajstić information content (AvgIpc) is 3.25. The summed E-state index contributed by atoms with van der Waals surface area (Å²) >= 11 is 2.41. The van der Waals surface area contributed by atoms with Gasteiger partial charge < -0.3 is 10.6 Å². The van der Waals surface area contributed by atoms with E-state index >= 15 is 0 Å². The van der Waals surface area contributed by atoms with Crippen LogP contribution in [0.15, 0.2) is 51.9 Å². The third-order valence-corrected chi connectivity index (χ3v) is 7.72. The van der Waals surface area contributed by atoms with E-state index in [1.807, 2.05) is 0 Å². The van der Waals surface area contributed by atoms with E-state index in [9.17, 15) is 18.0 Å². The maximum Gasteiger partial charge on any atom is 0.309 e. The minimum Gasteiger partial charge on any atom is -0.346 e. The molecule has 0 bridgehead atoms. The van der Waals surface area contributed by atoms with Gasteiger partial charge in [-0.15, -0.1) is 29.3 Å². The second-order valence-corrected chi connectivity index (χ2v) is 8.97. The Morgan fingerprint density at radius 1 is 1.12 bits per heavy atom. The summed E-state index contributed by atoms with van der Waals surface area (Å²) in [5, 5.41) is 7.25. The third-order valence-electron chi connectivity index (χ3n) is 3.07. The van der Waals surface area contributed by atoms with E-state index in [0.29, 0.717) is 4.88 Å². The molecule has 0 fully saturated rings. The van der Waals surface area contributed by atoms with E-state index in [-0.39, 0.29) is 17.3 Å². The Morgan fingerprint density at radius 2 is 1.79 bits per heavy atom. The molecular weight excluding hydrogens is 368 g/mol. The van der Waals surface area contributed by atoms with Gasteiger partial charge in [0.1, 0.15) is 9.46 Å². The molecule has 24 heavy (non-hydrogen) atoms. The van der Waals surface area contributed by atoms with Gasteiger partial charge in [-0.05, 0) is 22.9 Å². The first-order chi connectivity index (χ1) is 11.5. The predicted octanol–water partition coefficient (Wildman–Crippen LogP) is 1.74. The van der Waals surface area contributed by atoms with Crippen molar-refractivity contribution in [3.05, 3.63) is 52.6 Å². The van der Waals surface area contributed by atoms with Gasteiger partial charge in [0.25, 0.3) is 0 Å². The van der Waals surface area contributed by atoms with Crippen LogP contribution < -0.4 is 10.6 Å². The van der Waals surface area contributed by atoms with Gasteiger partial charge in [0, 0.05) is 18.0 Å². The summed E-state index contributed by atoms with van der Waals surface area (Å²) < 4.78 is 25.8. The molecule has 0 aliphatic heterocycles. The first kappa shape index (κ1) is 18.4. The van der Waals surface area contributed by atoms with Crippen LogP contribution in [0.4, 0.5) is 0 Å². The van der Waals surface area contributed by atoms with Gasteiger partial charge in [0.15, 0.2) is 9.84 Å². The number of sulfone groups is 1. The first-order valence-electron chi connectivity index (χ1n) is 6.94. The van der Waals surface area contributed by atoms with Crippen LogP contribution in [0.3, 0.4) is 0 Å². The monoisotopic (exact) mass is 384 g/mol. The molecule has 2 N–H and O–H groups in total. The van der Waals surface area contributed by atoms with Gasteiger partial charge in [-0.1, -0.05) is 18.2 Å². The third kappa shape index (κ3) is 4.31. The summed E-state index contributed by atoms with van der Waals surface area (Å²) in [6, 6.07) is 6.63. The highest BCUT2D eigenvalue weighted by Crippen LogP contribution is 2.33. The van der Waals surface area contributed by atoms with Crippen LogP contribution in [0.25, 0.3) is 0 Å². The lowest BCUT2D eigenvalue weighted by molar-refractivity contribution is -0.139. The Balaban J connectivity index is 2.16. The smallest absolute Gasteiger partial charge is 0.309 e. The normalized spacial score (nSPS) is 12.3. The van der Waals surface area contributed by atoms with Crippen molar-refractivity contribution < 1.29 is 18.0 Å². The number of nitrogens with one attached hydrogen (secondary N) is 2. The Morgan fingerprint density at radius 3 is 2.38 bits per heavy atom. The minimum absolute atomic E-state index is 0.161. The van der Waals surface area contributed by atoms with Gasteiger partial charge in [0.2, 0.25) is 0 Å². The van der Waals surface area contributed by atoms with Crippen LogP contribution in [0.5, 0.6) is 0 Å². The van der Waals surface area contributed by atoms with Crippen molar-refractivity contribution in [2.45, 2.75) is 9.46 Å². The Bertz CT molecular complexity index is 796. The lowest BCUT2D eigenvalue weighted by Crippen LogP contribution is -2.42. The number of rotatable bonds is 7. The molecule has 0 aromatic carbocycles. The molecule has 0 saturated carbocycles. The molecular formula is C15H16N2O4S3. The lowest BCUT2D eigenvalue weighted by Gasteiger charge is -2.16. The maximum atomic E-state index is 12.8. The zero-order valence-electron chi connectivity index (χ0n) is 12.6. The van der Waals surface area contributed by atoms with Crippen molar-refractivity contribution in [2.24, 2.45) is 0 Å². The van der Waals surface area contributed by atoms with Gasteiger partial charge in [0.05, 0.1) is 0 Å². The van der Waals surface area contributed by atoms with Crippen molar-refractivity contribution in [2.75, 3.05) is 13.1 Å². The van der Waals surface area contributed by atoms with Crippen LogP contribution >= 0.6 is 22.7 Å². The quantitative estimate of drug-likeness (QED) is 0.562. The van der Waals surface area contributed by atoms with Gasteiger partial charge in [-0.3, -0.25) is 9.59 Å². The molecule has 1 atom stereocenters. The van der Waals surface area contributed by atoms with Crippen molar-refractivity contribution in [1.29, 1.82) is 0 Å². The number of hydrogen-bond donors (Lipinski definition) is 2. The molecule has 2 amide bonds. The summed E-state index contributed by atoms with van der Waals surface area (Å²) in [5.41, 5.74) is 0. The number of amides is 2. The summed E-state index contributed by atoms with van der Waals surface area (Å²) in [7, 11) is -3.65. The fraction of sp³-hybridized carbons (Fsp3) is 0.200. The van der Waals surface area contributed by atoms with E-state index < -0.39 is 26.9 Å². The molecule has 2 aromatic heterocycles. The molecule has 0 spiro atoms. The second kappa shape index (κ2) is 8.22. The van der Waals surface area contributed by atoms with Crippen LogP contribution in [0.2, 0.25) is 0 Å². The van der Waals surface area contributed by atoms with Crippen molar-refractivity contribution in [1.82, 2.24) is 10.6 Å². The number of carbonyl (C=O) groups is 2. The van der Waals surface area contributed by atoms with Gasteiger partial charge >= 0.3 is 11.8 Å². The standard InChI is InChI=1S/C15H16N2O4S3/c1-2-7-16-14(18)15(19)17-10-12(11-5-3-8-22-11)24(20,21)13-6-4-9-23-13/h2-6,8-9,12H,1,7,10H2,(H,16,18)(H,17,19)/t12-/m1/s1. The molecule has 0 saturated heterocycles. The Hall–Kier alpha value is -1.97. The van der Waals surface area contributed by atoms with E-state index in [2.05, 4.69) is 17.2 Å². The molecule has 2 heterocycles. The molecule has 128 valence electrons. The van der Waals surface area contributed by atoms with Crippen LogP contribution in [0.1, 0.15) is 10.1 Å². The van der Waals surface area contributed by atoms with Crippen molar-refractivity contribution in [3.63, 3.8) is 0 Å². The van der Waals surface area contributed by atoms with E-state index in [4.69, 9.17) is 0 Å². The molecule has 0 aliphatic carbocycles. The molecule has 2 rings (SSSR count). The minimum atomic E-state index is -3.65. The van der Waals surface area contributed by atoms with E-state index in [1.54, 1.807) is 29.0 Å². The van der Waals surface area contributed by atoms with Crippen molar-refractivity contribution in [3.8, 4) is 0 Å².